The maximum Gasteiger partial charge on any atom is 0.266 e. The molecule has 0 bridgehead atoms. The van der Waals surface area contributed by atoms with Crippen LogP contribution in [0.1, 0.15) is 44.9 Å². The van der Waals surface area contributed by atoms with Gasteiger partial charge in [-0.1, -0.05) is 25.7 Å². The number of hydrogen-bond acceptors (Lipinski definition) is 0. The number of allylic oxidation sites excluding steroid dienone is 1. The predicted molar refractivity (Wildman–Crippen MR) is 50.4 cm³/mol. The first kappa shape index (κ1) is 10.7. The summed E-state index contributed by atoms with van der Waals surface area (Å²) in [6, 6.07) is 0. The largest absolute Gasteiger partial charge is 0.266 e. The lowest BCUT2D eigenvalue weighted by Gasteiger charge is -1.97. The van der Waals surface area contributed by atoms with Crippen LogP contribution in [0.4, 0.5) is 8.78 Å². The van der Waals surface area contributed by atoms with E-state index in [9.17, 15) is 8.78 Å². The van der Waals surface area contributed by atoms with Gasteiger partial charge in [0.2, 0.25) is 0 Å². The van der Waals surface area contributed by atoms with Crippen LogP contribution in [0.3, 0.4) is 0 Å². The van der Waals surface area contributed by atoms with E-state index in [1.54, 1.807) is 0 Å². The average molecular weight is 187 g/mol. The molecule has 1 unspecified atom stereocenters. The smallest absolute Gasteiger partial charge is 0.174 e. The molecular weight excluding hydrogens is 170 g/mol. The second-order valence-electron chi connectivity index (χ2n) is 3.72. The van der Waals surface area contributed by atoms with Crippen LogP contribution >= 0.6 is 0 Å². The third-order valence-electron chi connectivity index (χ3n) is 2.40. The first-order valence-electron chi connectivity index (χ1n) is 5.13. The van der Waals surface area contributed by atoms with Gasteiger partial charge < -0.3 is 0 Å². The molecule has 0 aromatic rings. The van der Waals surface area contributed by atoms with Crippen molar-refractivity contribution in [3.8, 4) is 0 Å². The number of rotatable bonds is 7. The van der Waals surface area contributed by atoms with Gasteiger partial charge in [0.05, 0.1) is 0 Å². The van der Waals surface area contributed by atoms with E-state index < -0.39 is 6.08 Å². The van der Waals surface area contributed by atoms with Crippen molar-refractivity contribution in [1.82, 2.24) is 0 Å². The van der Waals surface area contributed by atoms with E-state index in [4.69, 9.17) is 0 Å². The number of unbranched alkanes of at least 4 members (excludes halogenated alkanes) is 4. The summed E-state index contributed by atoms with van der Waals surface area (Å²) in [5, 5.41) is 0. The van der Waals surface area contributed by atoms with Crippen LogP contribution in [0.25, 0.3) is 0 Å². The zero-order valence-electron chi connectivity index (χ0n) is 7.94. The zero-order chi connectivity index (χ0) is 9.52. The molecule has 0 spiro atoms. The Morgan fingerprint density at radius 1 is 1.23 bits per heavy atom. The Labute approximate surface area is 79.0 Å². The van der Waals surface area contributed by atoms with E-state index in [0.29, 0.717) is 6.42 Å². The molecule has 2 heteroatoms. The lowest BCUT2D eigenvalue weighted by molar-refractivity contribution is 0.416. The van der Waals surface area contributed by atoms with E-state index >= 15 is 0 Å². The fourth-order valence-electron chi connectivity index (χ4n) is 1.45. The summed E-state index contributed by atoms with van der Waals surface area (Å²) in [5.74, 6) is 0.892. The number of halogens is 2. The molecule has 1 atom stereocenters. The Balaban J connectivity index is 1.75. The highest BCUT2D eigenvalue weighted by molar-refractivity contribution is 4.93. The summed E-state index contributed by atoms with van der Waals surface area (Å²) in [6.45, 7) is 0. The highest BCUT2D eigenvalue weighted by Crippen LogP contribution is 2.32. The maximum absolute atomic E-state index is 11.6. The van der Waals surface area contributed by atoms with E-state index in [2.05, 4.69) is 6.42 Å². The van der Waals surface area contributed by atoms with Crippen molar-refractivity contribution < 1.29 is 8.78 Å². The van der Waals surface area contributed by atoms with Crippen molar-refractivity contribution in [3.63, 3.8) is 0 Å². The Morgan fingerprint density at radius 2 is 1.92 bits per heavy atom. The summed E-state index contributed by atoms with van der Waals surface area (Å²) < 4.78 is 23.2. The molecule has 0 aromatic heterocycles. The van der Waals surface area contributed by atoms with E-state index in [-0.39, 0.29) is 0 Å². The molecule has 75 valence electrons. The fourth-order valence-corrected chi connectivity index (χ4v) is 1.45. The van der Waals surface area contributed by atoms with E-state index in [1.165, 1.54) is 25.7 Å². The van der Waals surface area contributed by atoms with Crippen molar-refractivity contribution in [2.45, 2.75) is 44.9 Å². The van der Waals surface area contributed by atoms with Crippen LogP contribution in [0.15, 0.2) is 12.2 Å². The molecule has 0 nitrogen and oxygen atoms in total. The lowest BCUT2D eigenvalue weighted by Crippen LogP contribution is -1.80. The predicted octanol–water partition coefficient (Wildman–Crippen LogP) is 4.33. The summed E-state index contributed by atoms with van der Waals surface area (Å²) >= 11 is 0. The molecule has 1 rings (SSSR count). The fraction of sp³-hybridized carbons (Fsp3) is 0.727. The maximum atomic E-state index is 11.6. The summed E-state index contributed by atoms with van der Waals surface area (Å²) in [4.78, 5) is 0. The Kier molecular flexibility index (Phi) is 5.02. The first-order valence-corrected chi connectivity index (χ1v) is 5.13. The zero-order valence-corrected chi connectivity index (χ0v) is 7.94. The van der Waals surface area contributed by atoms with Gasteiger partial charge in [-0.3, -0.25) is 0 Å². The Bertz CT molecular complexity index is 155. The normalized spacial score (nSPS) is 15.8. The van der Waals surface area contributed by atoms with Gasteiger partial charge in [-0.15, -0.1) is 0 Å². The molecule has 1 fully saturated rings. The van der Waals surface area contributed by atoms with Gasteiger partial charge in [0.1, 0.15) is 0 Å². The minimum absolute atomic E-state index is 0.540. The molecule has 1 radical (unpaired) electrons. The van der Waals surface area contributed by atoms with E-state index in [0.717, 1.165) is 24.8 Å². The third kappa shape index (κ3) is 6.73. The minimum atomic E-state index is -1.53. The third-order valence-corrected chi connectivity index (χ3v) is 2.40. The van der Waals surface area contributed by atoms with Crippen LogP contribution < -0.4 is 0 Å². The van der Waals surface area contributed by atoms with Crippen molar-refractivity contribution in [3.05, 3.63) is 18.6 Å². The molecule has 0 amide bonds. The molecule has 0 aliphatic heterocycles. The summed E-state index contributed by atoms with van der Waals surface area (Å²) in [5.41, 5.74) is 0. The first-order chi connectivity index (χ1) is 6.29. The SMILES string of the molecule is FC(F)=CCCCCCCC1[CH]C1. The monoisotopic (exact) mass is 187 g/mol. The standard InChI is InChI=1S/C11H17F2/c12-11(13)7-5-3-1-2-4-6-10-8-9-10/h7-8,10H,1-6,9H2. The second-order valence-corrected chi connectivity index (χ2v) is 3.72. The lowest BCUT2D eigenvalue weighted by atomic mass is 10.1. The highest BCUT2D eigenvalue weighted by atomic mass is 19.3. The van der Waals surface area contributed by atoms with Gasteiger partial charge in [0.25, 0.3) is 6.08 Å². The quantitative estimate of drug-likeness (QED) is 0.520. The van der Waals surface area contributed by atoms with Gasteiger partial charge >= 0.3 is 0 Å². The molecule has 1 saturated carbocycles. The Morgan fingerprint density at radius 3 is 2.54 bits per heavy atom. The molecule has 0 heterocycles. The van der Waals surface area contributed by atoms with Crippen molar-refractivity contribution in [1.29, 1.82) is 0 Å². The van der Waals surface area contributed by atoms with E-state index in [1.807, 2.05) is 0 Å². The van der Waals surface area contributed by atoms with Crippen LogP contribution in [-0.2, 0) is 0 Å². The Hall–Kier alpha value is -0.400. The average Bonchev–Trinajstić information content (AvgIpc) is 2.86. The van der Waals surface area contributed by atoms with Crippen molar-refractivity contribution in [2.24, 2.45) is 5.92 Å². The van der Waals surface area contributed by atoms with Gasteiger partial charge in [-0.25, -0.2) is 0 Å². The van der Waals surface area contributed by atoms with Gasteiger partial charge in [0.15, 0.2) is 0 Å². The van der Waals surface area contributed by atoms with Crippen LogP contribution in [-0.4, -0.2) is 0 Å². The molecule has 1 aliphatic rings. The highest BCUT2D eigenvalue weighted by Gasteiger charge is 2.20. The molecule has 0 N–H and O–H groups in total. The molecule has 1 aliphatic carbocycles. The van der Waals surface area contributed by atoms with Crippen molar-refractivity contribution in [2.75, 3.05) is 0 Å². The summed E-state index contributed by atoms with van der Waals surface area (Å²) in [7, 11) is 0. The molecule has 13 heavy (non-hydrogen) atoms. The summed E-state index contributed by atoms with van der Waals surface area (Å²) in [6.07, 6.45) is 9.45. The molecular formula is C11H17F2. The second kappa shape index (κ2) is 6.11. The van der Waals surface area contributed by atoms with Gasteiger partial charge in [-0.2, -0.15) is 8.78 Å². The number of hydrogen-bond donors (Lipinski definition) is 0. The van der Waals surface area contributed by atoms with Crippen LogP contribution in [0.2, 0.25) is 0 Å². The van der Waals surface area contributed by atoms with Gasteiger partial charge in [-0.05, 0) is 37.7 Å². The van der Waals surface area contributed by atoms with Gasteiger partial charge in [0, 0.05) is 0 Å². The molecule has 0 aromatic carbocycles. The van der Waals surface area contributed by atoms with Crippen LogP contribution in [0, 0.1) is 12.3 Å². The van der Waals surface area contributed by atoms with Crippen LogP contribution in [0.5, 0.6) is 0 Å². The minimum Gasteiger partial charge on any atom is -0.174 e. The molecule has 0 saturated heterocycles. The topological polar surface area (TPSA) is 0 Å². The van der Waals surface area contributed by atoms with Crippen molar-refractivity contribution >= 4 is 0 Å².